The number of thiazole rings is 1. The summed E-state index contributed by atoms with van der Waals surface area (Å²) in [5, 5.41) is 13.5. The molecule has 1 aromatic heterocycles. The monoisotopic (exact) mass is 277 g/mol. The normalized spacial score (nSPS) is 12.3. The van der Waals surface area contributed by atoms with Crippen LogP contribution in [0.4, 0.5) is 5.69 Å². The van der Waals surface area contributed by atoms with Gasteiger partial charge in [-0.1, -0.05) is 25.5 Å². The van der Waals surface area contributed by atoms with Gasteiger partial charge in [-0.2, -0.15) is 0 Å². The third kappa shape index (κ3) is 3.15. The average molecular weight is 277 g/mol. The van der Waals surface area contributed by atoms with Gasteiger partial charge in [0.1, 0.15) is 5.01 Å². The van der Waals surface area contributed by atoms with Crippen LogP contribution in [0.1, 0.15) is 30.8 Å². The first-order valence-corrected chi connectivity index (χ1v) is 6.95. The van der Waals surface area contributed by atoms with E-state index >= 15 is 0 Å². The van der Waals surface area contributed by atoms with Crippen LogP contribution < -0.4 is 5.73 Å². The molecular formula is C13H15N3O2S. The summed E-state index contributed by atoms with van der Waals surface area (Å²) in [6, 6.07) is 6.43. The van der Waals surface area contributed by atoms with Gasteiger partial charge < -0.3 is 5.73 Å². The minimum absolute atomic E-state index is 0.0533. The molecule has 1 unspecified atom stereocenters. The van der Waals surface area contributed by atoms with Crippen molar-refractivity contribution in [1.82, 2.24) is 4.98 Å². The zero-order valence-corrected chi connectivity index (χ0v) is 11.4. The quantitative estimate of drug-likeness (QED) is 0.669. The summed E-state index contributed by atoms with van der Waals surface area (Å²) in [6.07, 6.45) is 1.90. The minimum atomic E-state index is -0.403. The van der Waals surface area contributed by atoms with Crippen molar-refractivity contribution >= 4 is 17.0 Å². The van der Waals surface area contributed by atoms with Gasteiger partial charge in [-0.05, 0) is 6.42 Å². The molecule has 0 bridgehead atoms. The largest absolute Gasteiger partial charge is 0.322 e. The molecule has 0 amide bonds. The number of nitrogens with two attached hydrogens (primary N) is 1. The first-order chi connectivity index (χ1) is 9.11. The van der Waals surface area contributed by atoms with Crippen LogP contribution in [0.5, 0.6) is 0 Å². The molecule has 6 heteroatoms. The lowest BCUT2D eigenvalue weighted by molar-refractivity contribution is -0.384. The van der Waals surface area contributed by atoms with Crippen molar-refractivity contribution in [1.29, 1.82) is 0 Å². The Morgan fingerprint density at radius 2 is 2.32 bits per heavy atom. The van der Waals surface area contributed by atoms with Crippen molar-refractivity contribution < 1.29 is 4.92 Å². The van der Waals surface area contributed by atoms with Crippen LogP contribution in [0, 0.1) is 10.1 Å². The molecule has 0 fully saturated rings. The van der Waals surface area contributed by atoms with E-state index in [4.69, 9.17) is 5.73 Å². The van der Waals surface area contributed by atoms with E-state index in [1.807, 2.05) is 11.4 Å². The molecule has 0 aliphatic carbocycles. The Kier molecular flexibility index (Phi) is 4.24. The molecule has 2 N–H and O–H groups in total. The Labute approximate surface area is 115 Å². The highest BCUT2D eigenvalue weighted by Gasteiger charge is 2.13. The molecule has 2 rings (SSSR count). The molecule has 0 saturated heterocycles. The maximum atomic E-state index is 10.8. The summed E-state index contributed by atoms with van der Waals surface area (Å²) in [5.74, 6) is 0. The van der Waals surface area contributed by atoms with Crippen LogP contribution in [-0.4, -0.2) is 9.91 Å². The topological polar surface area (TPSA) is 82.0 Å². The molecule has 2 aromatic rings. The van der Waals surface area contributed by atoms with Gasteiger partial charge in [-0.25, -0.2) is 4.98 Å². The number of non-ortho nitro benzene ring substituents is 1. The SMILES string of the molecule is CCCC(N)c1nc(-c2cccc([N+](=O)[O-])c2)cs1. The second-order valence-corrected chi connectivity index (χ2v) is 5.16. The molecule has 19 heavy (non-hydrogen) atoms. The van der Waals surface area contributed by atoms with E-state index in [0.717, 1.165) is 29.1 Å². The van der Waals surface area contributed by atoms with Crippen molar-refractivity contribution in [3.8, 4) is 11.3 Å². The lowest BCUT2D eigenvalue weighted by atomic mass is 10.1. The molecule has 0 aliphatic rings. The van der Waals surface area contributed by atoms with Crippen LogP contribution >= 0.6 is 11.3 Å². The van der Waals surface area contributed by atoms with E-state index in [1.165, 1.54) is 23.5 Å². The van der Waals surface area contributed by atoms with Gasteiger partial charge in [0.05, 0.1) is 16.7 Å². The highest BCUT2D eigenvalue weighted by molar-refractivity contribution is 7.10. The molecule has 0 spiro atoms. The number of hydrogen-bond donors (Lipinski definition) is 1. The number of hydrogen-bond acceptors (Lipinski definition) is 5. The Hall–Kier alpha value is -1.79. The average Bonchev–Trinajstić information content (AvgIpc) is 2.89. The third-order valence-corrected chi connectivity index (χ3v) is 3.77. The summed E-state index contributed by atoms with van der Waals surface area (Å²) in [7, 11) is 0. The van der Waals surface area contributed by atoms with Crippen LogP contribution in [0.3, 0.4) is 0 Å². The molecule has 0 saturated carbocycles. The van der Waals surface area contributed by atoms with E-state index in [-0.39, 0.29) is 11.7 Å². The van der Waals surface area contributed by atoms with Crippen molar-refractivity contribution in [2.24, 2.45) is 5.73 Å². The standard InChI is InChI=1S/C13H15N3O2S/c1-2-4-11(14)13-15-12(8-19-13)9-5-3-6-10(7-9)16(17)18/h3,5-8,11H,2,4,14H2,1H3. The van der Waals surface area contributed by atoms with E-state index in [0.29, 0.717) is 0 Å². The van der Waals surface area contributed by atoms with Gasteiger partial charge in [0.15, 0.2) is 0 Å². The molecular weight excluding hydrogens is 262 g/mol. The van der Waals surface area contributed by atoms with E-state index in [1.54, 1.807) is 6.07 Å². The van der Waals surface area contributed by atoms with Gasteiger partial charge >= 0.3 is 0 Å². The molecule has 0 aliphatic heterocycles. The predicted molar refractivity (Wildman–Crippen MR) is 76.0 cm³/mol. The van der Waals surface area contributed by atoms with Crippen LogP contribution in [-0.2, 0) is 0 Å². The maximum Gasteiger partial charge on any atom is 0.270 e. The summed E-state index contributed by atoms with van der Waals surface area (Å²) < 4.78 is 0. The fourth-order valence-electron chi connectivity index (χ4n) is 1.80. The molecule has 5 nitrogen and oxygen atoms in total. The van der Waals surface area contributed by atoms with Crippen molar-refractivity contribution in [2.75, 3.05) is 0 Å². The summed E-state index contributed by atoms with van der Waals surface area (Å²) in [6.45, 7) is 2.08. The van der Waals surface area contributed by atoms with Crippen molar-refractivity contribution in [2.45, 2.75) is 25.8 Å². The Bertz CT molecular complexity index is 583. The van der Waals surface area contributed by atoms with E-state index in [9.17, 15) is 10.1 Å². The lowest BCUT2D eigenvalue weighted by Gasteiger charge is -2.05. The van der Waals surface area contributed by atoms with Gasteiger partial charge in [0.25, 0.3) is 5.69 Å². The van der Waals surface area contributed by atoms with Gasteiger partial charge in [-0.15, -0.1) is 11.3 Å². The first kappa shape index (κ1) is 13.6. The Balaban J connectivity index is 2.27. The number of nitro groups is 1. The zero-order valence-electron chi connectivity index (χ0n) is 10.6. The zero-order chi connectivity index (χ0) is 13.8. The summed E-state index contributed by atoms with van der Waals surface area (Å²) in [5.41, 5.74) is 7.58. The maximum absolute atomic E-state index is 10.8. The molecule has 1 heterocycles. The second-order valence-electron chi connectivity index (χ2n) is 4.27. The van der Waals surface area contributed by atoms with Crippen LogP contribution in [0.25, 0.3) is 11.3 Å². The molecule has 0 radical (unpaired) electrons. The third-order valence-electron chi connectivity index (χ3n) is 2.79. The van der Waals surface area contributed by atoms with Crippen LogP contribution in [0.15, 0.2) is 29.6 Å². The number of benzene rings is 1. The highest BCUT2D eigenvalue weighted by atomic mass is 32.1. The van der Waals surface area contributed by atoms with Crippen molar-refractivity contribution in [3.05, 3.63) is 44.8 Å². The second kappa shape index (κ2) is 5.90. The lowest BCUT2D eigenvalue weighted by Crippen LogP contribution is -2.09. The number of aromatic nitrogens is 1. The highest BCUT2D eigenvalue weighted by Crippen LogP contribution is 2.28. The molecule has 1 atom stereocenters. The molecule has 1 aromatic carbocycles. The number of nitrogens with zero attached hydrogens (tertiary/aromatic N) is 2. The Morgan fingerprint density at radius 3 is 3.00 bits per heavy atom. The fraction of sp³-hybridized carbons (Fsp3) is 0.308. The summed E-state index contributed by atoms with van der Waals surface area (Å²) >= 11 is 1.50. The first-order valence-electron chi connectivity index (χ1n) is 6.07. The molecule has 100 valence electrons. The number of rotatable bonds is 5. The van der Waals surface area contributed by atoms with Crippen molar-refractivity contribution in [3.63, 3.8) is 0 Å². The smallest absolute Gasteiger partial charge is 0.270 e. The van der Waals surface area contributed by atoms with Crippen LogP contribution in [0.2, 0.25) is 0 Å². The number of nitro benzene ring substituents is 1. The van der Waals surface area contributed by atoms with Gasteiger partial charge in [-0.3, -0.25) is 10.1 Å². The fourth-order valence-corrected chi connectivity index (χ4v) is 2.67. The summed E-state index contributed by atoms with van der Waals surface area (Å²) in [4.78, 5) is 14.8. The van der Waals surface area contributed by atoms with E-state index in [2.05, 4.69) is 11.9 Å². The Morgan fingerprint density at radius 1 is 1.53 bits per heavy atom. The minimum Gasteiger partial charge on any atom is -0.322 e. The van der Waals surface area contributed by atoms with Gasteiger partial charge in [0, 0.05) is 23.1 Å². The van der Waals surface area contributed by atoms with Gasteiger partial charge in [0.2, 0.25) is 0 Å². The van der Waals surface area contributed by atoms with E-state index < -0.39 is 4.92 Å². The predicted octanol–water partition coefficient (Wildman–Crippen LogP) is 3.52.